The molecule has 1 aliphatic rings. The average molecular weight is 762 g/mol. The fourth-order valence-corrected chi connectivity index (χ4v) is 7.97. The third kappa shape index (κ3) is 11.9. The quantitative estimate of drug-likeness (QED) is 0.115. The van der Waals surface area contributed by atoms with Crippen LogP contribution in [-0.2, 0) is 27.3 Å². The van der Waals surface area contributed by atoms with Crippen molar-refractivity contribution in [2.75, 3.05) is 13.6 Å². The summed E-state index contributed by atoms with van der Waals surface area (Å²) < 4.78 is 0. The maximum atomic E-state index is 14.8. The molecule has 3 amide bonds. The van der Waals surface area contributed by atoms with Crippen LogP contribution in [0.4, 0.5) is 0 Å². The summed E-state index contributed by atoms with van der Waals surface area (Å²) in [6.45, 7) is 10.8. The molecule has 0 bridgehead atoms. The third-order valence-electron chi connectivity index (χ3n) is 10.7. The number of carboxylic acids is 1. The van der Waals surface area contributed by atoms with Gasteiger partial charge in [0, 0.05) is 30.4 Å². The Balaban J connectivity index is 1.56. The molecule has 0 unspecified atom stereocenters. The van der Waals surface area contributed by atoms with Crippen molar-refractivity contribution in [3.05, 3.63) is 87.9 Å². The molecule has 4 rings (SSSR count). The molecule has 1 saturated heterocycles. The number of amides is 3. The number of aliphatic hydroxyl groups excluding tert-OH is 1. The summed E-state index contributed by atoms with van der Waals surface area (Å²) in [5.41, 5.74) is 2.05. The van der Waals surface area contributed by atoms with E-state index < -0.39 is 42.0 Å². The van der Waals surface area contributed by atoms with E-state index >= 15 is 0 Å². The molecule has 294 valence electrons. The van der Waals surface area contributed by atoms with E-state index in [-0.39, 0.29) is 48.2 Å². The maximum Gasteiger partial charge on any atom is 0.306 e. The third-order valence-corrected chi connectivity index (χ3v) is 11.7. The Morgan fingerprint density at radius 3 is 2.19 bits per heavy atom. The Morgan fingerprint density at radius 1 is 0.944 bits per heavy atom. The number of rotatable bonds is 19. The van der Waals surface area contributed by atoms with E-state index in [1.807, 2.05) is 100 Å². The van der Waals surface area contributed by atoms with Gasteiger partial charge in [-0.15, -0.1) is 11.3 Å². The summed E-state index contributed by atoms with van der Waals surface area (Å²) in [5.74, 6) is -2.56. The first-order chi connectivity index (χ1) is 25.8. The van der Waals surface area contributed by atoms with Crippen LogP contribution < -0.4 is 10.6 Å². The minimum Gasteiger partial charge on any atom is -0.481 e. The lowest BCUT2D eigenvalue weighted by atomic mass is 9.91. The second-order valence-corrected chi connectivity index (χ2v) is 16.2. The van der Waals surface area contributed by atoms with Crippen LogP contribution in [0.2, 0.25) is 0 Å². The number of likely N-dealkylation sites (N-methyl/N-ethyl adjacent to an activating group) is 1. The van der Waals surface area contributed by atoms with Crippen LogP contribution in [-0.4, -0.2) is 86.4 Å². The molecule has 1 aromatic heterocycles. The van der Waals surface area contributed by atoms with Crippen molar-refractivity contribution in [3.8, 4) is 0 Å². The highest BCUT2D eigenvalue weighted by atomic mass is 32.1. The molecule has 2 aromatic carbocycles. The van der Waals surface area contributed by atoms with Gasteiger partial charge >= 0.3 is 5.97 Å². The van der Waals surface area contributed by atoms with Crippen LogP contribution >= 0.6 is 11.3 Å². The predicted octanol–water partition coefficient (Wildman–Crippen LogP) is 6.09. The lowest BCUT2D eigenvalue weighted by Gasteiger charge is -2.40. The zero-order chi connectivity index (χ0) is 39.4. The van der Waals surface area contributed by atoms with E-state index in [2.05, 4.69) is 20.5 Å². The number of carbonyl (C=O) groups excluding carboxylic acids is 3. The maximum absolute atomic E-state index is 14.8. The lowest BCUT2D eigenvalue weighted by Crippen LogP contribution is -2.58. The zero-order valence-corrected chi connectivity index (χ0v) is 33.4. The highest BCUT2D eigenvalue weighted by Gasteiger charge is 2.38. The number of thiazole rings is 1. The molecule has 12 heteroatoms. The van der Waals surface area contributed by atoms with Crippen molar-refractivity contribution in [1.82, 2.24) is 25.4 Å². The Labute approximate surface area is 324 Å². The SMILES string of the molecule is CC[C@H](C)[C@H](NC(=O)[C@H]1CCCCN1C)C(=O)N(Cc1ccccc1)[C@H](C[C@@H](O)c1nc(C(=O)N[C@@H](Cc2ccccc2)C[C@H](C)C(=O)O)cs1)C(C)C. The van der Waals surface area contributed by atoms with Gasteiger partial charge in [-0.25, -0.2) is 4.98 Å². The van der Waals surface area contributed by atoms with E-state index in [1.165, 1.54) is 11.3 Å². The van der Waals surface area contributed by atoms with Gasteiger partial charge < -0.3 is 25.7 Å². The molecule has 1 aliphatic heterocycles. The summed E-state index contributed by atoms with van der Waals surface area (Å²) in [6, 6.07) is 17.4. The summed E-state index contributed by atoms with van der Waals surface area (Å²) in [6.07, 6.45) is 3.25. The minimum absolute atomic E-state index is 0.0669. The van der Waals surface area contributed by atoms with Crippen molar-refractivity contribution in [2.45, 2.75) is 116 Å². The smallest absolute Gasteiger partial charge is 0.306 e. The molecule has 1 fully saturated rings. The Morgan fingerprint density at radius 2 is 1.59 bits per heavy atom. The van der Waals surface area contributed by atoms with Crippen LogP contribution in [0.15, 0.2) is 66.0 Å². The number of aliphatic hydroxyl groups is 1. The molecule has 54 heavy (non-hydrogen) atoms. The molecule has 11 nitrogen and oxygen atoms in total. The number of hydrogen-bond acceptors (Lipinski definition) is 8. The molecule has 0 saturated carbocycles. The van der Waals surface area contributed by atoms with Gasteiger partial charge in [0.1, 0.15) is 22.8 Å². The van der Waals surface area contributed by atoms with Crippen molar-refractivity contribution >= 4 is 35.0 Å². The van der Waals surface area contributed by atoms with Gasteiger partial charge in [0.05, 0.1) is 12.0 Å². The van der Waals surface area contributed by atoms with Gasteiger partial charge in [0.2, 0.25) is 11.8 Å². The largest absolute Gasteiger partial charge is 0.481 e. The van der Waals surface area contributed by atoms with Gasteiger partial charge in [-0.2, -0.15) is 0 Å². The van der Waals surface area contributed by atoms with E-state index in [0.717, 1.165) is 36.9 Å². The number of nitrogens with one attached hydrogen (secondary N) is 2. The number of nitrogens with zero attached hydrogens (tertiary/aromatic N) is 3. The summed E-state index contributed by atoms with van der Waals surface area (Å²) >= 11 is 1.17. The predicted molar refractivity (Wildman–Crippen MR) is 212 cm³/mol. The van der Waals surface area contributed by atoms with Crippen LogP contribution in [0.1, 0.15) is 106 Å². The monoisotopic (exact) mass is 761 g/mol. The molecule has 4 N–H and O–H groups in total. The van der Waals surface area contributed by atoms with Gasteiger partial charge in [-0.3, -0.25) is 24.1 Å². The second-order valence-electron chi connectivity index (χ2n) is 15.3. The molecule has 7 atom stereocenters. The lowest BCUT2D eigenvalue weighted by molar-refractivity contribution is -0.143. The van der Waals surface area contributed by atoms with Gasteiger partial charge in [-0.05, 0) is 62.2 Å². The topological polar surface area (TPSA) is 152 Å². The van der Waals surface area contributed by atoms with E-state index in [0.29, 0.717) is 24.4 Å². The molecule has 2 heterocycles. The average Bonchev–Trinajstić information content (AvgIpc) is 3.66. The normalized spacial score (nSPS) is 18.2. The number of aliphatic carboxylic acids is 1. The first-order valence-corrected chi connectivity index (χ1v) is 20.2. The number of aromatic nitrogens is 1. The molecule has 3 aromatic rings. The fraction of sp³-hybridized carbons (Fsp3) is 0.548. The molecular weight excluding hydrogens is 703 g/mol. The highest BCUT2D eigenvalue weighted by molar-refractivity contribution is 7.09. The highest BCUT2D eigenvalue weighted by Crippen LogP contribution is 2.30. The number of piperidine rings is 1. The Bertz CT molecular complexity index is 1650. The standard InChI is InChI=1S/C42H59N5O6S/c1-7-28(4)37(45-39(50)34-20-14-15-21-46(34)6)41(51)47(25-31-18-12-9-13-19-31)35(27(2)3)24-36(48)40-44-33(26-54-40)38(49)43-32(22-29(5)42(52)53)23-30-16-10-8-11-17-30/h8-13,16-19,26-29,32,34-37,48H,7,14-15,20-25H2,1-6H3,(H,43,49)(H,45,50)(H,52,53)/t28-,29-,32+,34+,35+,36+,37-/m0/s1. The number of carbonyl (C=O) groups is 4. The number of likely N-dealkylation sites (tertiary alicyclic amines) is 1. The molecule has 0 radical (unpaired) electrons. The molecule has 0 aliphatic carbocycles. The van der Waals surface area contributed by atoms with Crippen LogP contribution in [0, 0.1) is 17.8 Å². The van der Waals surface area contributed by atoms with Crippen molar-refractivity contribution < 1.29 is 29.4 Å². The molecule has 0 spiro atoms. The van der Waals surface area contributed by atoms with Gasteiger partial charge in [0.25, 0.3) is 5.91 Å². The summed E-state index contributed by atoms with van der Waals surface area (Å²) in [5, 5.41) is 29.3. The first-order valence-electron chi connectivity index (χ1n) is 19.3. The van der Waals surface area contributed by atoms with Crippen LogP contribution in [0.3, 0.4) is 0 Å². The number of carboxylic acid groups (broad SMARTS) is 1. The fourth-order valence-electron chi connectivity index (χ4n) is 7.17. The number of benzene rings is 2. The second kappa shape index (κ2) is 20.5. The minimum atomic E-state index is -1.07. The zero-order valence-electron chi connectivity index (χ0n) is 32.6. The van der Waals surface area contributed by atoms with E-state index in [4.69, 9.17) is 0 Å². The van der Waals surface area contributed by atoms with Gasteiger partial charge in [0.15, 0.2) is 0 Å². The Kier molecular flexibility index (Phi) is 16.2. The first kappa shape index (κ1) is 42.6. The van der Waals surface area contributed by atoms with E-state index in [1.54, 1.807) is 12.3 Å². The summed E-state index contributed by atoms with van der Waals surface area (Å²) in [7, 11) is 1.96. The number of hydrogen-bond donors (Lipinski definition) is 4. The van der Waals surface area contributed by atoms with Crippen molar-refractivity contribution in [2.24, 2.45) is 17.8 Å². The van der Waals surface area contributed by atoms with Crippen molar-refractivity contribution in [3.63, 3.8) is 0 Å². The van der Waals surface area contributed by atoms with E-state index in [9.17, 15) is 29.4 Å². The van der Waals surface area contributed by atoms with Crippen molar-refractivity contribution in [1.29, 1.82) is 0 Å². The van der Waals surface area contributed by atoms with Crippen LogP contribution in [0.5, 0.6) is 0 Å². The molecular formula is C42H59N5O6S. The summed E-state index contributed by atoms with van der Waals surface area (Å²) in [4.78, 5) is 62.0. The Hall–Kier alpha value is -4.13. The van der Waals surface area contributed by atoms with Crippen LogP contribution in [0.25, 0.3) is 0 Å². The van der Waals surface area contributed by atoms with Gasteiger partial charge in [-0.1, -0.05) is 108 Å².